The van der Waals surface area contributed by atoms with Crippen LogP contribution >= 0.6 is 27.3 Å². The zero-order valence-electron chi connectivity index (χ0n) is 9.61. The first-order valence-electron chi connectivity index (χ1n) is 5.66. The van der Waals surface area contributed by atoms with Gasteiger partial charge in [0, 0.05) is 13.0 Å². The van der Waals surface area contributed by atoms with E-state index in [0.717, 1.165) is 16.8 Å². The van der Waals surface area contributed by atoms with Crippen molar-refractivity contribution >= 4 is 39.0 Å². The average Bonchev–Trinajstić information content (AvgIpc) is 2.86. The minimum absolute atomic E-state index is 0.0332. The Bertz CT molecular complexity index is 443. The van der Waals surface area contributed by atoms with Crippen molar-refractivity contribution in [3.8, 4) is 0 Å². The molecule has 5 heteroatoms. The number of thiophene rings is 1. The van der Waals surface area contributed by atoms with E-state index in [1.807, 2.05) is 6.07 Å². The number of carbonyl (C=O) groups excluding carboxylic acids is 2. The molecule has 0 aliphatic carbocycles. The molecule has 1 saturated heterocycles. The van der Waals surface area contributed by atoms with Crippen LogP contribution in [0.2, 0.25) is 0 Å². The van der Waals surface area contributed by atoms with Crippen LogP contribution in [0, 0.1) is 5.92 Å². The maximum Gasteiger partial charge on any atom is 0.223 e. The zero-order chi connectivity index (χ0) is 12.4. The van der Waals surface area contributed by atoms with Crippen molar-refractivity contribution < 1.29 is 9.59 Å². The summed E-state index contributed by atoms with van der Waals surface area (Å²) < 4.78 is 0.944. The maximum absolute atomic E-state index is 12.0. The van der Waals surface area contributed by atoms with Crippen LogP contribution in [0.1, 0.15) is 29.4 Å². The van der Waals surface area contributed by atoms with Gasteiger partial charge in [0.25, 0.3) is 0 Å². The van der Waals surface area contributed by atoms with Gasteiger partial charge in [-0.2, -0.15) is 0 Å². The van der Waals surface area contributed by atoms with Crippen LogP contribution in [0.5, 0.6) is 0 Å². The Balaban J connectivity index is 1.98. The number of nitrogens with zero attached hydrogens (tertiary/aromatic N) is 1. The van der Waals surface area contributed by atoms with Crippen LogP contribution in [0.25, 0.3) is 0 Å². The number of Topliss-reactive ketones (excluding diaryl/α,β-unsaturated/α-hetero) is 1. The molecule has 0 saturated carbocycles. The second-order valence-electron chi connectivity index (χ2n) is 4.28. The number of ketones is 1. The van der Waals surface area contributed by atoms with E-state index >= 15 is 0 Å². The summed E-state index contributed by atoms with van der Waals surface area (Å²) in [6.07, 6.45) is 1.60. The third kappa shape index (κ3) is 2.96. The molecule has 1 aliphatic heterocycles. The summed E-state index contributed by atoms with van der Waals surface area (Å²) in [4.78, 5) is 26.0. The second-order valence-corrected chi connectivity index (χ2v) is 6.74. The quantitative estimate of drug-likeness (QED) is 0.801. The first-order chi connectivity index (χ1) is 8.10. The van der Waals surface area contributed by atoms with Crippen LogP contribution in [0.3, 0.4) is 0 Å². The van der Waals surface area contributed by atoms with E-state index in [1.54, 1.807) is 11.0 Å². The third-order valence-corrected chi connectivity index (χ3v) is 4.72. The molecule has 1 unspecified atom stereocenters. The van der Waals surface area contributed by atoms with Crippen LogP contribution in [0.4, 0.5) is 0 Å². The molecule has 0 aromatic carbocycles. The Labute approximate surface area is 113 Å². The molecule has 17 heavy (non-hydrogen) atoms. The molecule has 1 fully saturated rings. The molecule has 0 N–H and O–H groups in total. The van der Waals surface area contributed by atoms with Crippen LogP contribution in [-0.2, 0) is 4.79 Å². The molecule has 1 aliphatic rings. The van der Waals surface area contributed by atoms with Gasteiger partial charge in [0.05, 0.1) is 15.2 Å². The number of halogens is 1. The first kappa shape index (κ1) is 12.8. The Morgan fingerprint density at radius 3 is 2.88 bits per heavy atom. The molecule has 0 bridgehead atoms. The summed E-state index contributed by atoms with van der Waals surface area (Å²) in [6, 6.07) is 3.66. The van der Waals surface area contributed by atoms with E-state index in [0.29, 0.717) is 17.2 Å². The van der Waals surface area contributed by atoms with Gasteiger partial charge in [-0.1, -0.05) is 13.3 Å². The normalized spacial score (nSPS) is 20.0. The van der Waals surface area contributed by atoms with Gasteiger partial charge >= 0.3 is 0 Å². The van der Waals surface area contributed by atoms with Gasteiger partial charge in [-0.3, -0.25) is 9.59 Å². The van der Waals surface area contributed by atoms with Crippen molar-refractivity contribution in [1.82, 2.24) is 4.90 Å². The molecule has 92 valence electrons. The molecule has 1 aromatic heterocycles. The fourth-order valence-corrected chi connectivity index (χ4v) is 3.31. The van der Waals surface area contributed by atoms with Crippen LogP contribution < -0.4 is 0 Å². The van der Waals surface area contributed by atoms with Crippen molar-refractivity contribution in [1.29, 1.82) is 0 Å². The fourth-order valence-electron chi connectivity index (χ4n) is 2.00. The van der Waals surface area contributed by atoms with Gasteiger partial charge in [-0.25, -0.2) is 0 Å². The smallest absolute Gasteiger partial charge is 0.223 e. The average molecular weight is 316 g/mol. The summed E-state index contributed by atoms with van der Waals surface area (Å²) >= 11 is 4.75. The van der Waals surface area contributed by atoms with Gasteiger partial charge in [0.15, 0.2) is 5.78 Å². The zero-order valence-corrected chi connectivity index (χ0v) is 12.0. The highest BCUT2D eigenvalue weighted by Gasteiger charge is 2.29. The van der Waals surface area contributed by atoms with E-state index in [4.69, 9.17) is 0 Å². The van der Waals surface area contributed by atoms with E-state index < -0.39 is 0 Å². The summed E-state index contributed by atoms with van der Waals surface area (Å²) in [5.74, 6) is 0.567. The summed E-state index contributed by atoms with van der Waals surface area (Å²) in [5.41, 5.74) is 0. The topological polar surface area (TPSA) is 37.4 Å². The Morgan fingerprint density at radius 1 is 1.59 bits per heavy atom. The van der Waals surface area contributed by atoms with Gasteiger partial charge in [0.1, 0.15) is 0 Å². The maximum atomic E-state index is 12.0. The van der Waals surface area contributed by atoms with Crippen molar-refractivity contribution in [3.05, 3.63) is 20.8 Å². The highest BCUT2D eigenvalue weighted by Crippen LogP contribution is 2.24. The lowest BCUT2D eigenvalue weighted by Crippen LogP contribution is -2.31. The Morgan fingerprint density at radius 2 is 2.35 bits per heavy atom. The Hall–Kier alpha value is -0.680. The fraction of sp³-hybridized carbons (Fsp3) is 0.500. The predicted octanol–water partition coefficient (Wildman–Crippen LogP) is 2.95. The molecule has 0 radical (unpaired) electrons. The van der Waals surface area contributed by atoms with Crippen LogP contribution in [-0.4, -0.2) is 29.7 Å². The molecular formula is C12H14BrNO2S. The summed E-state index contributed by atoms with van der Waals surface area (Å²) in [6.45, 7) is 3.04. The van der Waals surface area contributed by atoms with Crippen molar-refractivity contribution in [2.24, 2.45) is 5.92 Å². The first-order valence-corrected chi connectivity index (χ1v) is 7.27. The largest absolute Gasteiger partial charge is 0.335 e. The van der Waals surface area contributed by atoms with Crippen molar-refractivity contribution in [2.75, 3.05) is 13.1 Å². The van der Waals surface area contributed by atoms with Crippen LogP contribution in [0.15, 0.2) is 15.9 Å². The number of likely N-dealkylation sites (tertiary alicyclic amines) is 1. The highest BCUT2D eigenvalue weighted by molar-refractivity contribution is 9.11. The van der Waals surface area contributed by atoms with E-state index in [9.17, 15) is 9.59 Å². The number of rotatable bonds is 4. The van der Waals surface area contributed by atoms with Gasteiger partial charge in [-0.15, -0.1) is 11.3 Å². The molecule has 2 rings (SSSR count). The molecule has 0 spiro atoms. The second kappa shape index (κ2) is 5.31. The molecular weight excluding hydrogens is 302 g/mol. The molecule has 1 atom stereocenters. The number of amides is 1. The minimum Gasteiger partial charge on any atom is -0.335 e. The monoisotopic (exact) mass is 315 g/mol. The van der Waals surface area contributed by atoms with Gasteiger partial charge in [0.2, 0.25) is 5.91 Å². The third-order valence-electron chi connectivity index (χ3n) is 3.05. The number of carbonyl (C=O) groups is 2. The minimum atomic E-state index is 0.0332. The van der Waals surface area contributed by atoms with Gasteiger partial charge in [-0.05, 0) is 34.0 Å². The van der Waals surface area contributed by atoms with Gasteiger partial charge < -0.3 is 4.90 Å². The van der Waals surface area contributed by atoms with Crippen molar-refractivity contribution in [2.45, 2.75) is 19.8 Å². The Kier molecular flexibility index (Phi) is 3.99. The van der Waals surface area contributed by atoms with E-state index in [1.165, 1.54) is 11.3 Å². The predicted molar refractivity (Wildman–Crippen MR) is 71.3 cm³/mol. The summed E-state index contributed by atoms with van der Waals surface area (Å²) in [7, 11) is 0. The number of hydrogen-bond donors (Lipinski definition) is 0. The van der Waals surface area contributed by atoms with Crippen molar-refractivity contribution in [3.63, 3.8) is 0 Å². The molecule has 2 heterocycles. The number of hydrogen-bond acceptors (Lipinski definition) is 3. The molecule has 1 amide bonds. The highest BCUT2D eigenvalue weighted by atomic mass is 79.9. The summed E-state index contributed by atoms with van der Waals surface area (Å²) in [5, 5.41) is 0. The SMILES string of the molecule is CCC1CC(=O)N(CC(=O)c2ccc(Br)s2)C1. The lowest BCUT2D eigenvalue weighted by molar-refractivity contribution is -0.127. The van der Waals surface area contributed by atoms with E-state index in [-0.39, 0.29) is 18.2 Å². The molecule has 1 aromatic rings. The lowest BCUT2D eigenvalue weighted by Gasteiger charge is -2.14. The van der Waals surface area contributed by atoms with E-state index in [2.05, 4.69) is 22.9 Å². The molecule has 3 nitrogen and oxygen atoms in total. The standard InChI is InChI=1S/C12H14BrNO2S/c1-2-8-5-12(16)14(6-8)7-9(15)10-3-4-11(13)17-10/h3-4,8H,2,5-7H2,1H3. The lowest BCUT2D eigenvalue weighted by atomic mass is 10.1.